The van der Waals surface area contributed by atoms with Gasteiger partial charge in [-0.05, 0) is 54.4 Å². The molecule has 32 heavy (non-hydrogen) atoms. The van der Waals surface area contributed by atoms with Crippen LogP contribution in [0.3, 0.4) is 0 Å². The van der Waals surface area contributed by atoms with Gasteiger partial charge in [-0.3, -0.25) is 23.9 Å². The van der Waals surface area contributed by atoms with Gasteiger partial charge in [0.25, 0.3) is 17.4 Å². The summed E-state index contributed by atoms with van der Waals surface area (Å²) in [6.07, 6.45) is 1.99. The van der Waals surface area contributed by atoms with Gasteiger partial charge in [0.05, 0.1) is 30.1 Å². The van der Waals surface area contributed by atoms with Crippen LogP contribution in [0.4, 0.5) is 0 Å². The number of thiophene rings is 1. The number of fused-ring (bicyclic) bond motifs is 2. The zero-order chi connectivity index (χ0) is 22.2. The van der Waals surface area contributed by atoms with Gasteiger partial charge >= 0.3 is 0 Å². The maximum Gasteiger partial charge on any atom is 0.271 e. The second-order valence-corrected chi connectivity index (χ2v) is 8.51. The molecule has 4 aromatic rings. The number of carbonyl (C=O) groups is 2. The Bertz CT molecular complexity index is 1370. The van der Waals surface area contributed by atoms with Crippen LogP contribution in [0.2, 0.25) is 0 Å². The van der Waals surface area contributed by atoms with Crippen LogP contribution in [0.1, 0.15) is 27.1 Å². The summed E-state index contributed by atoms with van der Waals surface area (Å²) < 4.78 is 7.32. The zero-order valence-corrected chi connectivity index (χ0v) is 18.1. The van der Waals surface area contributed by atoms with E-state index in [1.807, 2.05) is 30.3 Å². The number of hydrogen-bond acceptors (Lipinski definition) is 6. The van der Waals surface area contributed by atoms with Crippen molar-refractivity contribution in [3.8, 4) is 16.2 Å². The maximum atomic E-state index is 13.0. The fourth-order valence-corrected chi connectivity index (χ4v) is 4.91. The predicted molar refractivity (Wildman–Crippen MR) is 122 cm³/mol. The Morgan fingerprint density at radius 2 is 1.62 bits per heavy atom. The molecule has 0 N–H and O–H groups in total. The van der Waals surface area contributed by atoms with E-state index >= 15 is 0 Å². The molecule has 0 saturated carbocycles. The molecule has 8 heteroatoms. The SMILES string of the molecule is COc1ccc(-c2cc3ncn(CCCN4C(=O)c5ccccc5C4=O)c(=O)c3s2)cc1. The van der Waals surface area contributed by atoms with Crippen molar-refractivity contribution in [3.63, 3.8) is 0 Å². The highest BCUT2D eigenvalue weighted by Gasteiger charge is 2.34. The van der Waals surface area contributed by atoms with Crippen molar-refractivity contribution in [2.24, 2.45) is 0 Å². The number of hydrogen-bond donors (Lipinski definition) is 0. The van der Waals surface area contributed by atoms with Crippen LogP contribution in [0.25, 0.3) is 20.7 Å². The minimum atomic E-state index is -0.283. The van der Waals surface area contributed by atoms with Crippen LogP contribution in [-0.4, -0.2) is 39.9 Å². The molecular formula is C24H19N3O4S. The summed E-state index contributed by atoms with van der Waals surface area (Å²) in [4.78, 5) is 44.6. The normalized spacial score (nSPS) is 13.1. The minimum Gasteiger partial charge on any atom is -0.497 e. The van der Waals surface area contributed by atoms with E-state index in [-0.39, 0.29) is 23.9 Å². The lowest BCUT2D eigenvalue weighted by atomic mass is 10.1. The fraction of sp³-hybridized carbons (Fsp3) is 0.167. The molecule has 0 radical (unpaired) electrons. The van der Waals surface area contributed by atoms with Crippen LogP contribution < -0.4 is 10.3 Å². The van der Waals surface area contributed by atoms with E-state index in [9.17, 15) is 14.4 Å². The zero-order valence-electron chi connectivity index (χ0n) is 17.3. The van der Waals surface area contributed by atoms with Crippen LogP contribution in [0, 0.1) is 0 Å². The Kier molecular flexibility index (Phi) is 5.07. The monoisotopic (exact) mass is 445 g/mol. The number of aryl methyl sites for hydroxylation is 1. The highest BCUT2D eigenvalue weighted by molar-refractivity contribution is 7.22. The molecular weight excluding hydrogens is 426 g/mol. The van der Waals surface area contributed by atoms with Crippen molar-refractivity contribution in [1.82, 2.24) is 14.5 Å². The molecule has 2 aromatic carbocycles. The van der Waals surface area contributed by atoms with E-state index in [0.29, 0.717) is 34.3 Å². The van der Waals surface area contributed by atoms with Gasteiger partial charge in [0.1, 0.15) is 10.4 Å². The minimum absolute atomic E-state index is 0.123. The van der Waals surface area contributed by atoms with Crippen LogP contribution in [0.5, 0.6) is 5.75 Å². The van der Waals surface area contributed by atoms with Gasteiger partial charge in [-0.1, -0.05) is 12.1 Å². The summed E-state index contributed by atoms with van der Waals surface area (Å²) >= 11 is 1.40. The van der Waals surface area contributed by atoms with Crippen LogP contribution >= 0.6 is 11.3 Å². The number of ether oxygens (including phenoxy) is 1. The molecule has 2 aromatic heterocycles. The molecule has 1 aliphatic rings. The van der Waals surface area contributed by atoms with Crippen molar-refractivity contribution in [2.75, 3.05) is 13.7 Å². The Morgan fingerprint density at radius 3 is 2.28 bits per heavy atom. The number of carbonyl (C=O) groups excluding carboxylic acids is 2. The van der Waals surface area contributed by atoms with Gasteiger partial charge < -0.3 is 4.74 Å². The molecule has 0 saturated heterocycles. The first-order chi connectivity index (χ1) is 15.6. The largest absolute Gasteiger partial charge is 0.497 e. The summed E-state index contributed by atoms with van der Waals surface area (Å²) in [6.45, 7) is 0.614. The summed E-state index contributed by atoms with van der Waals surface area (Å²) in [7, 11) is 1.62. The van der Waals surface area contributed by atoms with Crippen molar-refractivity contribution in [1.29, 1.82) is 0 Å². The van der Waals surface area contributed by atoms with E-state index in [4.69, 9.17) is 4.74 Å². The number of benzene rings is 2. The average Bonchev–Trinajstić information content (AvgIpc) is 3.37. The van der Waals surface area contributed by atoms with Crippen LogP contribution in [-0.2, 0) is 6.54 Å². The number of aromatic nitrogens is 2. The third-order valence-corrected chi connectivity index (χ3v) is 6.70. The number of methoxy groups -OCH3 is 1. The lowest BCUT2D eigenvalue weighted by Crippen LogP contribution is -2.32. The summed E-state index contributed by atoms with van der Waals surface area (Å²) in [5.74, 6) is 0.205. The Morgan fingerprint density at radius 1 is 0.938 bits per heavy atom. The topological polar surface area (TPSA) is 81.5 Å². The molecule has 7 nitrogen and oxygen atoms in total. The smallest absolute Gasteiger partial charge is 0.271 e. The second kappa shape index (κ2) is 8.05. The summed E-state index contributed by atoms with van der Waals surface area (Å²) in [5.41, 5.74) is 2.39. The molecule has 2 amide bonds. The number of nitrogens with zero attached hydrogens (tertiary/aromatic N) is 3. The molecule has 0 bridgehead atoms. The Labute approximate surface area is 187 Å². The summed E-state index contributed by atoms with van der Waals surface area (Å²) in [6, 6.07) is 16.4. The van der Waals surface area contributed by atoms with Crippen molar-refractivity contribution in [2.45, 2.75) is 13.0 Å². The Hall–Kier alpha value is -3.78. The molecule has 0 atom stereocenters. The molecule has 160 valence electrons. The van der Waals surface area contributed by atoms with E-state index in [0.717, 1.165) is 16.2 Å². The van der Waals surface area contributed by atoms with E-state index in [2.05, 4.69) is 4.98 Å². The van der Waals surface area contributed by atoms with E-state index in [1.54, 1.807) is 31.4 Å². The number of rotatable bonds is 6. The van der Waals surface area contributed by atoms with Gasteiger partial charge in [-0.15, -0.1) is 11.3 Å². The maximum absolute atomic E-state index is 13.0. The molecule has 0 unspecified atom stereocenters. The number of imide groups is 1. The molecule has 0 aliphatic carbocycles. The Balaban J connectivity index is 1.32. The fourth-order valence-electron chi connectivity index (χ4n) is 3.84. The predicted octanol–water partition coefficient (Wildman–Crippen LogP) is 3.82. The molecule has 1 aliphatic heterocycles. The quantitative estimate of drug-likeness (QED) is 0.422. The standard InChI is InChI=1S/C24H19N3O4S/c1-31-16-9-7-15(8-10-16)20-13-19-21(32-20)24(30)26(14-25-19)11-4-12-27-22(28)17-5-2-3-6-18(17)23(27)29/h2-3,5-10,13-14H,4,11-12H2,1H3. The van der Waals surface area contributed by atoms with E-state index in [1.165, 1.54) is 27.1 Å². The average molecular weight is 446 g/mol. The number of amides is 2. The highest BCUT2D eigenvalue weighted by Crippen LogP contribution is 2.31. The van der Waals surface area contributed by atoms with Crippen molar-refractivity contribution in [3.05, 3.63) is 82.4 Å². The van der Waals surface area contributed by atoms with E-state index < -0.39 is 0 Å². The lowest BCUT2D eigenvalue weighted by molar-refractivity contribution is 0.0650. The van der Waals surface area contributed by atoms with Gasteiger partial charge in [0.15, 0.2) is 0 Å². The summed E-state index contributed by atoms with van der Waals surface area (Å²) in [5, 5.41) is 0. The molecule has 5 rings (SSSR count). The van der Waals surface area contributed by atoms with Gasteiger partial charge in [0.2, 0.25) is 0 Å². The molecule has 0 fully saturated rings. The van der Waals surface area contributed by atoms with Crippen molar-refractivity contribution < 1.29 is 14.3 Å². The molecule has 3 heterocycles. The lowest BCUT2D eigenvalue weighted by Gasteiger charge is -2.14. The second-order valence-electron chi connectivity index (χ2n) is 7.46. The highest BCUT2D eigenvalue weighted by atomic mass is 32.1. The van der Waals surface area contributed by atoms with Gasteiger partial charge in [-0.2, -0.15) is 0 Å². The van der Waals surface area contributed by atoms with Crippen molar-refractivity contribution >= 4 is 33.4 Å². The third-order valence-electron chi connectivity index (χ3n) is 5.54. The first-order valence-electron chi connectivity index (χ1n) is 10.2. The van der Waals surface area contributed by atoms with Gasteiger partial charge in [-0.25, -0.2) is 4.98 Å². The van der Waals surface area contributed by atoms with Crippen LogP contribution in [0.15, 0.2) is 65.7 Å². The van der Waals surface area contributed by atoms with Gasteiger partial charge in [0, 0.05) is 18.0 Å². The first kappa shape index (κ1) is 20.1. The first-order valence-corrected chi connectivity index (χ1v) is 11.0. The third kappa shape index (κ3) is 3.38. The molecule has 0 spiro atoms.